The molecular weight excluding hydrogens is 276 g/mol. The number of nitrogens with one attached hydrogen (secondary N) is 2. The quantitative estimate of drug-likeness (QED) is 0.206. The van der Waals surface area contributed by atoms with E-state index >= 15 is 0 Å². The van der Waals surface area contributed by atoms with Gasteiger partial charge in [-0.25, -0.2) is 0 Å². The van der Waals surface area contributed by atoms with E-state index in [1.54, 1.807) is 0 Å². The van der Waals surface area contributed by atoms with Crippen molar-refractivity contribution in [3.8, 4) is 0 Å². The van der Waals surface area contributed by atoms with Gasteiger partial charge in [-0.3, -0.25) is 0 Å². The van der Waals surface area contributed by atoms with Gasteiger partial charge in [0.05, 0.1) is 17.8 Å². The van der Waals surface area contributed by atoms with Crippen molar-refractivity contribution in [2.45, 2.75) is 46.7 Å². The molecule has 4 fully saturated rings. The second-order valence-corrected chi connectivity index (χ2v) is 6.42. The summed E-state index contributed by atoms with van der Waals surface area (Å²) in [5.74, 6) is 0. The van der Waals surface area contributed by atoms with E-state index in [0.29, 0.717) is 0 Å². The first-order chi connectivity index (χ1) is 9.59. The molecule has 0 aromatic rings. The molecule has 6 rings (SSSR count). The zero-order valence-electron chi connectivity index (χ0n) is 11.2. The van der Waals surface area contributed by atoms with Gasteiger partial charge in [0.15, 0.2) is 0 Å². The number of hydrogen-bond acceptors (Lipinski definition) is 11. The molecule has 3 heterocycles. The average Bonchev–Trinajstić information content (AvgIpc) is 2.61. The van der Waals surface area contributed by atoms with Gasteiger partial charge in [0, 0.05) is 0 Å². The molecule has 8 unspecified atom stereocenters. The van der Waals surface area contributed by atoms with Crippen molar-refractivity contribution in [1.82, 2.24) is 5.43 Å². The third kappa shape index (κ3) is 0.857. The van der Waals surface area contributed by atoms with Crippen molar-refractivity contribution in [3.63, 3.8) is 0 Å². The zero-order chi connectivity index (χ0) is 15.6. The van der Waals surface area contributed by atoms with E-state index in [0.717, 1.165) is 0 Å². The molecule has 11 heteroatoms. The fourth-order valence-electron chi connectivity index (χ4n) is 4.66. The molecule has 3 saturated carbocycles. The summed E-state index contributed by atoms with van der Waals surface area (Å²) in [6, 6.07) is -1.42. The van der Waals surface area contributed by atoms with E-state index in [-0.39, 0.29) is 11.4 Å². The predicted octanol–water partition coefficient (Wildman–Crippen LogP) is -5.92. The third-order valence-electron chi connectivity index (χ3n) is 5.98. The topological polar surface area (TPSA) is 240 Å². The molecule has 11 nitrogen and oxygen atoms in total. The molecule has 6 aliphatic rings. The molecule has 0 aromatic heterocycles. The minimum Gasteiger partial charge on any atom is -0.341 e. The van der Waals surface area contributed by atoms with Crippen molar-refractivity contribution in [2.75, 3.05) is 0 Å². The van der Waals surface area contributed by atoms with E-state index in [9.17, 15) is 0 Å². The van der Waals surface area contributed by atoms with E-state index in [1.807, 2.05) is 0 Å². The third-order valence-corrected chi connectivity index (χ3v) is 5.98. The Morgan fingerprint density at radius 3 is 2.10 bits per heavy atom. The van der Waals surface area contributed by atoms with Gasteiger partial charge in [0.1, 0.15) is 40.3 Å². The number of ether oxygens (including phenoxy) is 1. The fourth-order valence-corrected chi connectivity index (χ4v) is 4.66. The highest BCUT2D eigenvalue weighted by Gasteiger charge is 2.88. The Labute approximate surface area is 120 Å². The van der Waals surface area contributed by atoms with Crippen molar-refractivity contribution in [1.29, 1.82) is 5.41 Å². The van der Waals surface area contributed by atoms with Crippen LogP contribution >= 0.6 is 0 Å². The smallest absolute Gasteiger partial charge is 0.130 e. The maximum atomic E-state index is 8.38. The zero-order valence-corrected chi connectivity index (χ0v) is 11.2. The van der Waals surface area contributed by atoms with E-state index in [4.69, 9.17) is 50.3 Å². The summed E-state index contributed by atoms with van der Waals surface area (Å²) >= 11 is 0. The van der Waals surface area contributed by atoms with Crippen LogP contribution in [-0.2, 0) is 4.74 Å². The second-order valence-electron chi connectivity index (χ2n) is 6.42. The van der Waals surface area contributed by atoms with Gasteiger partial charge in [0.2, 0.25) is 0 Å². The lowest BCUT2D eigenvalue weighted by molar-refractivity contribution is -0.000315. The molecule has 3 aliphatic carbocycles. The molecule has 21 heavy (non-hydrogen) atoms. The first-order valence-corrected chi connectivity index (χ1v) is 6.60. The molecule has 0 spiro atoms. The second kappa shape index (κ2) is 3.11. The number of rotatable bonds is 0. The van der Waals surface area contributed by atoms with Crippen molar-refractivity contribution >= 4 is 11.4 Å². The maximum Gasteiger partial charge on any atom is 0.130 e. The number of nitrogens with zero attached hydrogens (tertiary/aromatic N) is 1. The van der Waals surface area contributed by atoms with Crippen LogP contribution in [0.25, 0.3) is 0 Å². The van der Waals surface area contributed by atoms with Crippen molar-refractivity contribution in [3.05, 3.63) is 0 Å². The summed E-state index contributed by atoms with van der Waals surface area (Å²) in [4.78, 5) is 0. The van der Waals surface area contributed by atoms with Crippen LogP contribution in [0.2, 0.25) is 0 Å². The molecule has 4 bridgehead atoms. The summed E-state index contributed by atoms with van der Waals surface area (Å²) in [6.45, 7) is 0. The van der Waals surface area contributed by atoms with Crippen molar-refractivity contribution in [2.24, 2.45) is 45.2 Å². The van der Waals surface area contributed by atoms with Gasteiger partial charge in [-0.2, -0.15) is 5.10 Å². The van der Waals surface area contributed by atoms with Gasteiger partial charge in [-0.15, -0.1) is 0 Å². The van der Waals surface area contributed by atoms with Crippen molar-refractivity contribution < 1.29 is 4.74 Å². The number of fused-ring (bicyclic) bond motifs is 1. The molecule has 1 saturated heterocycles. The van der Waals surface area contributed by atoms with Gasteiger partial charge in [-0.05, 0) is 0 Å². The van der Waals surface area contributed by atoms with Crippen LogP contribution in [0.4, 0.5) is 0 Å². The SMILES string of the molecule is N=C1C2=NNC3C(N)C2(N)C2(N)C(N)OC(N)C2(N)C13N. The monoisotopic (exact) mass is 296 g/mol. The Kier molecular flexibility index (Phi) is 2.00. The van der Waals surface area contributed by atoms with Gasteiger partial charge < -0.3 is 55.7 Å². The van der Waals surface area contributed by atoms with Crippen LogP contribution in [-0.4, -0.2) is 58.1 Å². The first-order valence-electron chi connectivity index (χ1n) is 6.60. The molecule has 8 atom stereocenters. The highest BCUT2D eigenvalue weighted by atomic mass is 16.5. The molecular formula is C10H20N10O. The number of hydrogen-bond donors (Lipinski definition) is 9. The number of hydrazone groups is 1. The highest BCUT2D eigenvalue weighted by Crippen LogP contribution is 2.57. The molecule has 3 aliphatic heterocycles. The minimum atomic E-state index is -1.56. The lowest BCUT2D eigenvalue weighted by Gasteiger charge is -2.73. The summed E-state index contributed by atoms with van der Waals surface area (Å²) in [5.41, 5.74) is 41.3. The van der Waals surface area contributed by atoms with Gasteiger partial charge in [-0.1, -0.05) is 0 Å². The maximum absolute atomic E-state index is 8.38. The summed E-state index contributed by atoms with van der Waals surface area (Å²) in [7, 11) is 0. The van der Waals surface area contributed by atoms with E-state index in [1.165, 1.54) is 0 Å². The van der Waals surface area contributed by atoms with Crippen LogP contribution in [0.3, 0.4) is 0 Å². The molecule has 116 valence electrons. The van der Waals surface area contributed by atoms with Crippen LogP contribution in [0, 0.1) is 5.41 Å². The summed E-state index contributed by atoms with van der Waals surface area (Å²) < 4.78 is 5.46. The molecule has 0 radical (unpaired) electrons. The Bertz CT molecular complexity index is 609. The largest absolute Gasteiger partial charge is 0.341 e. The standard InChI is InChI=1S/C10H20N10O/c11-1-3-8(16)2(12)4(20-19-3)7(1,15)9(17)5(13)21-6(14)10(8,9)18/h1,3,5-6,12,19H,11,13-18H2. The lowest BCUT2D eigenvalue weighted by atomic mass is 9.39. The number of nitrogens with two attached hydrogens (primary N) is 7. The van der Waals surface area contributed by atoms with Crippen LogP contribution in [0.1, 0.15) is 0 Å². The van der Waals surface area contributed by atoms with Gasteiger partial charge >= 0.3 is 0 Å². The van der Waals surface area contributed by atoms with E-state index in [2.05, 4.69) is 10.5 Å². The highest BCUT2D eigenvalue weighted by molar-refractivity contribution is 6.51. The Balaban J connectivity index is 2.14. The summed E-state index contributed by atoms with van der Waals surface area (Å²) in [6.07, 6.45) is -2.16. The van der Waals surface area contributed by atoms with Gasteiger partial charge in [0.25, 0.3) is 0 Å². The van der Waals surface area contributed by atoms with Crippen LogP contribution < -0.4 is 45.6 Å². The Morgan fingerprint density at radius 2 is 1.52 bits per heavy atom. The lowest BCUT2D eigenvalue weighted by Crippen LogP contribution is -3.08. The van der Waals surface area contributed by atoms with Crippen LogP contribution in [0.15, 0.2) is 5.10 Å². The summed E-state index contributed by atoms with van der Waals surface area (Å²) in [5, 5.41) is 12.5. The molecule has 0 amide bonds. The normalized spacial score (nSPS) is 64.3. The molecule has 0 aromatic carbocycles. The fraction of sp³-hybridized carbons (Fsp3) is 0.800. The van der Waals surface area contributed by atoms with Crippen LogP contribution in [0.5, 0.6) is 0 Å². The Morgan fingerprint density at radius 1 is 1.00 bits per heavy atom. The predicted molar refractivity (Wildman–Crippen MR) is 74.8 cm³/mol. The first kappa shape index (κ1) is 13.5. The average molecular weight is 296 g/mol. The molecule has 16 N–H and O–H groups in total. The Hall–Kier alpha value is -1.18. The minimum absolute atomic E-state index is 0.0211. The van der Waals surface area contributed by atoms with E-state index < -0.39 is 46.7 Å².